The third-order valence-corrected chi connectivity index (χ3v) is 3.17. The second-order valence-electron chi connectivity index (χ2n) is 4.69. The van der Waals surface area contributed by atoms with Crippen molar-refractivity contribution < 1.29 is 14.5 Å². The molecule has 0 radical (unpaired) electrons. The zero-order valence-electron chi connectivity index (χ0n) is 10.9. The summed E-state index contributed by atoms with van der Waals surface area (Å²) >= 11 is 0. The molecule has 1 fully saturated rings. The fraction of sp³-hybridized carbons (Fsp3) is 0.500. The number of nitrogens with two attached hydrogens (primary N) is 1. The van der Waals surface area contributed by atoms with Crippen molar-refractivity contribution in [2.24, 2.45) is 11.7 Å². The van der Waals surface area contributed by atoms with Gasteiger partial charge in [0.05, 0.1) is 11.5 Å². The molecule has 1 aliphatic heterocycles. The van der Waals surface area contributed by atoms with Crippen LogP contribution < -0.4 is 15.8 Å². The van der Waals surface area contributed by atoms with Crippen molar-refractivity contribution in [1.29, 1.82) is 0 Å². The molecule has 0 aromatic carbocycles. The number of carbonyl (C=O) groups is 1. The summed E-state index contributed by atoms with van der Waals surface area (Å²) in [7, 11) is 0. The number of nitro groups is 1. The molecule has 1 aromatic rings. The Hall–Kier alpha value is -2.22. The Bertz CT molecular complexity index is 514. The van der Waals surface area contributed by atoms with Gasteiger partial charge >= 0.3 is 0 Å². The number of aromatic nitrogens is 1. The molecule has 1 atom stereocenters. The van der Waals surface area contributed by atoms with Crippen LogP contribution in [0, 0.1) is 16.0 Å². The quantitative estimate of drug-likeness (QED) is 0.597. The molecule has 2 rings (SSSR count). The number of carbonyl (C=O) groups excluding carboxylic acids is 1. The average Bonchev–Trinajstić information content (AvgIpc) is 2.45. The second-order valence-corrected chi connectivity index (χ2v) is 4.69. The molecule has 3 N–H and O–H groups in total. The van der Waals surface area contributed by atoms with E-state index in [4.69, 9.17) is 10.5 Å². The lowest BCUT2D eigenvalue weighted by Gasteiger charge is -2.22. The first-order valence-electron chi connectivity index (χ1n) is 6.35. The summed E-state index contributed by atoms with van der Waals surface area (Å²) in [6, 6.07) is 1.09. The van der Waals surface area contributed by atoms with Crippen LogP contribution in [0.15, 0.2) is 12.3 Å². The number of pyridine rings is 1. The van der Waals surface area contributed by atoms with Gasteiger partial charge in [-0.3, -0.25) is 14.9 Å². The van der Waals surface area contributed by atoms with Crippen LogP contribution >= 0.6 is 0 Å². The molecule has 0 bridgehead atoms. The number of primary amides is 1. The zero-order valence-corrected chi connectivity index (χ0v) is 10.9. The van der Waals surface area contributed by atoms with Crippen LogP contribution in [0.2, 0.25) is 0 Å². The van der Waals surface area contributed by atoms with Crippen molar-refractivity contribution in [3.63, 3.8) is 0 Å². The fourth-order valence-corrected chi connectivity index (χ4v) is 2.10. The van der Waals surface area contributed by atoms with Crippen LogP contribution in [-0.2, 0) is 0 Å². The van der Waals surface area contributed by atoms with E-state index in [1.165, 1.54) is 0 Å². The van der Waals surface area contributed by atoms with Gasteiger partial charge in [0.2, 0.25) is 5.88 Å². The standard InChI is InChI=1S/C12H16N4O4/c13-11(17)10-4-9(16(18)19)6-15-12(10)20-7-8-2-1-3-14-5-8/h4,6,8,14H,1-3,5,7H2,(H2,13,17). The zero-order chi connectivity index (χ0) is 14.5. The summed E-state index contributed by atoms with van der Waals surface area (Å²) in [5.74, 6) is -0.409. The van der Waals surface area contributed by atoms with E-state index in [2.05, 4.69) is 10.3 Å². The minimum absolute atomic E-state index is 0.0497. The number of rotatable bonds is 5. The number of hydrogen-bond donors (Lipinski definition) is 2. The highest BCUT2D eigenvalue weighted by atomic mass is 16.6. The van der Waals surface area contributed by atoms with Crippen molar-refractivity contribution in [2.75, 3.05) is 19.7 Å². The number of hydrogen-bond acceptors (Lipinski definition) is 6. The van der Waals surface area contributed by atoms with Crippen molar-refractivity contribution in [3.8, 4) is 5.88 Å². The predicted octanol–water partition coefficient (Wildman–Crippen LogP) is 0.467. The minimum atomic E-state index is -0.794. The molecule has 1 saturated heterocycles. The van der Waals surface area contributed by atoms with Gasteiger partial charge in [-0.1, -0.05) is 0 Å². The van der Waals surface area contributed by atoms with Crippen LogP contribution in [-0.4, -0.2) is 35.5 Å². The van der Waals surface area contributed by atoms with E-state index in [0.29, 0.717) is 12.5 Å². The number of nitrogens with one attached hydrogen (secondary N) is 1. The second kappa shape index (κ2) is 6.29. The summed E-state index contributed by atoms with van der Waals surface area (Å²) in [6.07, 6.45) is 3.16. The molecular weight excluding hydrogens is 264 g/mol. The lowest BCUT2D eigenvalue weighted by Crippen LogP contribution is -2.33. The van der Waals surface area contributed by atoms with Gasteiger partial charge in [0.15, 0.2) is 0 Å². The molecule has 2 heterocycles. The van der Waals surface area contributed by atoms with E-state index in [9.17, 15) is 14.9 Å². The first kappa shape index (κ1) is 14.2. The number of amides is 1. The van der Waals surface area contributed by atoms with Gasteiger partial charge in [-0.25, -0.2) is 4.98 Å². The van der Waals surface area contributed by atoms with E-state index >= 15 is 0 Å². The first-order chi connectivity index (χ1) is 9.58. The Morgan fingerprint density at radius 3 is 3.05 bits per heavy atom. The Balaban J connectivity index is 2.09. The van der Waals surface area contributed by atoms with Gasteiger partial charge in [0.25, 0.3) is 11.6 Å². The average molecular weight is 280 g/mol. The molecule has 8 nitrogen and oxygen atoms in total. The maximum absolute atomic E-state index is 11.3. The topological polar surface area (TPSA) is 120 Å². The van der Waals surface area contributed by atoms with Gasteiger partial charge in [0, 0.05) is 18.5 Å². The molecule has 0 aliphatic carbocycles. The van der Waals surface area contributed by atoms with E-state index in [1.807, 2.05) is 0 Å². The third-order valence-electron chi connectivity index (χ3n) is 3.17. The summed E-state index contributed by atoms with van der Waals surface area (Å²) < 4.78 is 5.50. The third kappa shape index (κ3) is 3.41. The van der Waals surface area contributed by atoms with Crippen LogP contribution in [0.25, 0.3) is 0 Å². The van der Waals surface area contributed by atoms with Gasteiger partial charge in [-0.15, -0.1) is 0 Å². The van der Waals surface area contributed by atoms with Crippen molar-refractivity contribution in [3.05, 3.63) is 27.9 Å². The Morgan fingerprint density at radius 2 is 2.45 bits per heavy atom. The van der Waals surface area contributed by atoms with E-state index in [-0.39, 0.29) is 17.1 Å². The highest BCUT2D eigenvalue weighted by Gasteiger charge is 2.19. The number of ether oxygens (including phenoxy) is 1. The Morgan fingerprint density at radius 1 is 1.65 bits per heavy atom. The lowest BCUT2D eigenvalue weighted by atomic mass is 10.0. The van der Waals surface area contributed by atoms with Crippen molar-refractivity contribution in [2.45, 2.75) is 12.8 Å². The van der Waals surface area contributed by atoms with Crippen molar-refractivity contribution >= 4 is 11.6 Å². The summed E-state index contributed by atoms with van der Waals surface area (Å²) in [4.78, 5) is 25.2. The van der Waals surface area contributed by atoms with Gasteiger partial charge < -0.3 is 15.8 Å². The van der Waals surface area contributed by atoms with Gasteiger partial charge in [-0.2, -0.15) is 0 Å². The summed E-state index contributed by atoms with van der Waals surface area (Å²) in [5, 5.41) is 13.9. The molecule has 0 spiro atoms. The van der Waals surface area contributed by atoms with Crippen molar-refractivity contribution in [1.82, 2.24) is 10.3 Å². The fourth-order valence-electron chi connectivity index (χ4n) is 2.10. The summed E-state index contributed by atoms with van der Waals surface area (Å²) in [6.45, 7) is 2.25. The molecular formula is C12H16N4O4. The first-order valence-corrected chi connectivity index (χ1v) is 6.35. The molecule has 8 heteroatoms. The maximum Gasteiger partial charge on any atom is 0.288 e. The molecule has 1 aliphatic rings. The SMILES string of the molecule is NC(=O)c1cc([N+](=O)[O-])cnc1OCC1CCCNC1. The normalized spacial score (nSPS) is 18.5. The largest absolute Gasteiger partial charge is 0.477 e. The van der Waals surface area contributed by atoms with Gasteiger partial charge in [-0.05, 0) is 19.4 Å². The molecule has 1 aromatic heterocycles. The molecule has 1 unspecified atom stereocenters. The lowest BCUT2D eigenvalue weighted by molar-refractivity contribution is -0.385. The molecule has 20 heavy (non-hydrogen) atoms. The predicted molar refractivity (Wildman–Crippen MR) is 70.5 cm³/mol. The smallest absolute Gasteiger partial charge is 0.288 e. The molecule has 1 amide bonds. The highest BCUT2D eigenvalue weighted by molar-refractivity contribution is 5.95. The van der Waals surface area contributed by atoms with Crippen LogP contribution in [0.4, 0.5) is 5.69 Å². The number of nitrogens with zero attached hydrogens (tertiary/aromatic N) is 2. The van der Waals surface area contributed by atoms with Crippen LogP contribution in [0.1, 0.15) is 23.2 Å². The number of piperidine rings is 1. The van der Waals surface area contributed by atoms with Crippen LogP contribution in [0.3, 0.4) is 0 Å². The van der Waals surface area contributed by atoms with E-state index in [0.717, 1.165) is 38.2 Å². The minimum Gasteiger partial charge on any atom is -0.477 e. The highest BCUT2D eigenvalue weighted by Crippen LogP contribution is 2.21. The van der Waals surface area contributed by atoms with E-state index in [1.54, 1.807) is 0 Å². The van der Waals surface area contributed by atoms with E-state index < -0.39 is 10.8 Å². The Labute approximate surface area is 115 Å². The molecule has 0 saturated carbocycles. The van der Waals surface area contributed by atoms with Gasteiger partial charge in [0.1, 0.15) is 11.8 Å². The summed E-state index contributed by atoms with van der Waals surface area (Å²) in [5.41, 5.74) is 4.85. The Kier molecular flexibility index (Phi) is 4.46. The monoisotopic (exact) mass is 280 g/mol. The maximum atomic E-state index is 11.3. The van der Waals surface area contributed by atoms with Crippen LogP contribution in [0.5, 0.6) is 5.88 Å². The molecule has 108 valence electrons.